The number of carbonyl (C=O) groups excluding carboxylic acids is 2. The van der Waals surface area contributed by atoms with E-state index in [-0.39, 0.29) is 23.7 Å². The fourth-order valence-corrected chi connectivity index (χ4v) is 3.24. The first-order chi connectivity index (χ1) is 11.5. The average molecular weight is 349 g/mol. The Labute approximate surface area is 148 Å². The number of ether oxygens (including phenoxy) is 1. The topological polar surface area (TPSA) is 79.7 Å². The van der Waals surface area contributed by atoms with E-state index >= 15 is 0 Å². The highest BCUT2D eigenvalue weighted by atomic mass is 16.6. The zero-order valence-electron chi connectivity index (χ0n) is 15.8. The van der Waals surface area contributed by atoms with E-state index < -0.39 is 5.60 Å². The summed E-state index contributed by atoms with van der Waals surface area (Å²) in [5, 5.41) is 7.38. The van der Waals surface area contributed by atoms with E-state index in [0.29, 0.717) is 19.6 Å². The lowest BCUT2D eigenvalue weighted by molar-refractivity contribution is 0.00913. The molecule has 0 saturated carbocycles. The molecule has 2 aliphatic rings. The van der Waals surface area contributed by atoms with Crippen LogP contribution in [0.2, 0.25) is 0 Å². The fraction of sp³-hybridized carbons (Fsp3) is 0.706. The summed E-state index contributed by atoms with van der Waals surface area (Å²) in [7, 11) is 0. The summed E-state index contributed by atoms with van der Waals surface area (Å²) >= 11 is 0. The molecule has 3 heterocycles. The average Bonchev–Trinajstić information content (AvgIpc) is 2.95. The van der Waals surface area contributed by atoms with Crippen molar-refractivity contribution in [3.05, 3.63) is 11.9 Å². The Morgan fingerprint density at radius 2 is 2.08 bits per heavy atom. The van der Waals surface area contributed by atoms with E-state index in [2.05, 4.69) is 10.4 Å². The zero-order valence-corrected chi connectivity index (χ0v) is 15.8. The summed E-state index contributed by atoms with van der Waals surface area (Å²) in [4.78, 5) is 28.2. The second kappa shape index (κ2) is 5.64. The molecule has 8 nitrogen and oxygen atoms in total. The van der Waals surface area contributed by atoms with Crippen LogP contribution in [-0.2, 0) is 17.8 Å². The predicted molar refractivity (Wildman–Crippen MR) is 93.4 cm³/mol. The summed E-state index contributed by atoms with van der Waals surface area (Å²) in [5.41, 5.74) is 0.773. The Morgan fingerprint density at radius 1 is 1.40 bits per heavy atom. The van der Waals surface area contributed by atoms with Gasteiger partial charge in [0.15, 0.2) is 0 Å². The minimum atomic E-state index is -0.545. The van der Waals surface area contributed by atoms with Crippen molar-refractivity contribution < 1.29 is 14.3 Å². The molecule has 138 valence electrons. The number of carbonyl (C=O) groups is 2. The van der Waals surface area contributed by atoms with E-state index in [0.717, 1.165) is 11.4 Å². The Bertz CT molecular complexity index is 704. The SMILES string of the molecule is C[C@H]1Cn2ncc(N3CC(C)(C)NC3=O)c2CN1C(=O)OC(C)(C)C. The third kappa shape index (κ3) is 3.43. The second-order valence-corrected chi connectivity index (χ2v) is 8.52. The lowest BCUT2D eigenvalue weighted by Gasteiger charge is -2.36. The van der Waals surface area contributed by atoms with Crippen LogP contribution < -0.4 is 10.2 Å². The molecule has 8 heteroatoms. The molecule has 0 aliphatic carbocycles. The van der Waals surface area contributed by atoms with Crippen LogP contribution in [0.3, 0.4) is 0 Å². The van der Waals surface area contributed by atoms with Crippen molar-refractivity contribution in [1.29, 1.82) is 0 Å². The highest BCUT2D eigenvalue weighted by Crippen LogP contribution is 2.31. The molecule has 0 radical (unpaired) electrons. The van der Waals surface area contributed by atoms with Crippen molar-refractivity contribution >= 4 is 17.8 Å². The Hall–Kier alpha value is -2.25. The lowest BCUT2D eigenvalue weighted by Crippen LogP contribution is -2.47. The Morgan fingerprint density at radius 3 is 2.64 bits per heavy atom. The highest BCUT2D eigenvalue weighted by Gasteiger charge is 2.39. The third-order valence-corrected chi connectivity index (χ3v) is 4.38. The van der Waals surface area contributed by atoms with E-state index in [9.17, 15) is 9.59 Å². The third-order valence-electron chi connectivity index (χ3n) is 4.38. The molecular formula is C17H27N5O3. The predicted octanol–water partition coefficient (Wildman–Crippen LogP) is 2.33. The molecule has 3 rings (SSSR count). The van der Waals surface area contributed by atoms with Gasteiger partial charge in [-0.15, -0.1) is 0 Å². The molecule has 2 aliphatic heterocycles. The molecule has 3 amide bonds. The van der Waals surface area contributed by atoms with E-state index in [4.69, 9.17) is 4.74 Å². The van der Waals surface area contributed by atoms with Crippen LogP contribution in [-0.4, -0.2) is 50.5 Å². The molecule has 0 spiro atoms. The van der Waals surface area contributed by atoms with Gasteiger partial charge < -0.3 is 10.1 Å². The van der Waals surface area contributed by atoms with Gasteiger partial charge in [-0.2, -0.15) is 5.10 Å². The molecule has 1 N–H and O–H groups in total. The minimum absolute atomic E-state index is 0.0288. The quantitative estimate of drug-likeness (QED) is 0.844. The van der Waals surface area contributed by atoms with E-state index in [1.165, 1.54) is 0 Å². The van der Waals surface area contributed by atoms with Crippen LogP contribution in [0.25, 0.3) is 0 Å². The molecule has 1 aromatic rings. The van der Waals surface area contributed by atoms with Crippen LogP contribution in [0, 0.1) is 0 Å². The van der Waals surface area contributed by atoms with Gasteiger partial charge in [-0.25, -0.2) is 9.59 Å². The van der Waals surface area contributed by atoms with Gasteiger partial charge in [-0.3, -0.25) is 14.5 Å². The normalized spacial score (nSPS) is 22.6. The molecule has 1 saturated heterocycles. The number of fused-ring (bicyclic) bond motifs is 1. The summed E-state index contributed by atoms with van der Waals surface area (Å²) in [6.07, 6.45) is 1.37. The maximum atomic E-state index is 12.5. The Balaban J connectivity index is 1.86. The van der Waals surface area contributed by atoms with E-state index in [1.54, 1.807) is 16.0 Å². The smallest absolute Gasteiger partial charge is 0.410 e. The number of rotatable bonds is 1. The first kappa shape index (κ1) is 17.6. The first-order valence-corrected chi connectivity index (χ1v) is 8.61. The molecular weight excluding hydrogens is 322 g/mol. The van der Waals surface area contributed by atoms with Gasteiger partial charge in [0.05, 0.1) is 48.8 Å². The highest BCUT2D eigenvalue weighted by molar-refractivity contribution is 5.95. The largest absolute Gasteiger partial charge is 0.444 e. The van der Waals surface area contributed by atoms with Crippen molar-refractivity contribution in [1.82, 2.24) is 20.0 Å². The number of anilines is 1. The van der Waals surface area contributed by atoms with Crippen LogP contribution in [0.15, 0.2) is 6.20 Å². The number of hydrogen-bond donors (Lipinski definition) is 1. The maximum Gasteiger partial charge on any atom is 0.410 e. The van der Waals surface area contributed by atoms with Crippen LogP contribution in [0.4, 0.5) is 15.3 Å². The summed E-state index contributed by atoms with van der Waals surface area (Å²) in [6, 6.07) is -0.165. The summed E-state index contributed by atoms with van der Waals surface area (Å²) in [6.45, 7) is 13.0. The van der Waals surface area contributed by atoms with Gasteiger partial charge in [0.1, 0.15) is 5.60 Å². The van der Waals surface area contributed by atoms with Gasteiger partial charge in [0, 0.05) is 0 Å². The van der Waals surface area contributed by atoms with Gasteiger partial charge in [-0.05, 0) is 41.5 Å². The summed E-state index contributed by atoms with van der Waals surface area (Å²) < 4.78 is 7.40. The monoisotopic (exact) mass is 349 g/mol. The zero-order chi connectivity index (χ0) is 18.6. The molecule has 1 atom stereocenters. The number of amides is 3. The van der Waals surface area contributed by atoms with Crippen molar-refractivity contribution in [3.8, 4) is 0 Å². The van der Waals surface area contributed by atoms with Crippen LogP contribution in [0.1, 0.15) is 47.2 Å². The molecule has 25 heavy (non-hydrogen) atoms. The van der Waals surface area contributed by atoms with Crippen LogP contribution in [0.5, 0.6) is 0 Å². The van der Waals surface area contributed by atoms with Crippen molar-refractivity contribution in [3.63, 3.8) is 0 Å². The molecule has 0 bridgehead atoms. The fourth-order valence-electron chi connectivity index (χ4n) is 3.24. The lowest BCUT2D eigenvalue weighted by atomic mass is 10.1. The van der Waals surface area contributed by atoms with E-state index in [1.807, 2.05) is 46.2 Å². The number of nitrogens with zero attached hydrogens (tertiary/aromatic N) is 4. The van der Waals surface area contributed by atoms with Gasteiger partial charge in [0.25, 0.3) is 0 Å². The molecule has 1 aromatic heterocycles. The van der Waals surface area contributed by atoms with Crippen molar-refractivity contribution in [2.24, 2.45) is 0 Å². The van der Waals surface area contributed by atoms with Crippen molar-refractivity contribution in [2.45, 2.75) is 71.8 Å². The summed E-state index contributed by atoms with van der Waals surface area (Å²) in [5.74, 6) is 0. The van der Waals surface area contributed by atoms with Crippen molar-refractivity contribution in [2.75, 3.05) is 11.4 Å². The molecule has 0 aromatic carbocycles. The standard InChI is InChI=1S/C17H27N5O3/c1-11-8-22-13(9-20(11)15(24)25-16(2,3)4)12(7-18-22)21-10-17(5,6)19-14(21)23/h7,11H,8-10H2,1-6H3,(H,19,23)/t11-/m0/s1. The Kier molecular flexibility index (Phi) is 3.96. The number of aromatic nitrogens is 2. The number of urea groups is 1. The number of nitrogens with one attached hydrogen (secondary N) is 1. The molecule has 1 fully saturated rings. The van der Waals surface area contributed by atoms with Gasteiger partial charge >= 0.3 is 12.1 Å². The minimum Gasteiger partial charge on any atom is -0.444 e. The first-order valence-electron chi connectivity index (χ1n) is 8.61. The molecule has 0 unspecified atom stereocenters. The van der Waals surface area contributed by atoms with Gasteiger partial charge in [-0.1, -0.05) is 0 Å². The van der Waals surface area contributed by atoms with Gasteiger partial charge in [0.2, 0.25) is 0 Å². The second-order valence-electron chi connectivity index (χ2n) is 8.52. The van der Waals surface area contributed by atoms with Crippen LogP contribution >= 0.6 is 0 Å². The number of hydrogen-bond acceptors (Lipinski definition) is 4. The maximum absolute atomic E-state index is 12.5.